The van der Waals surface area contributed by atoms with Crippen molar-refractivity contribution in [2.75, 3.05) is 0 Å². The van der Waals surface area contributed by atoms with Crippen LogP contribution in [0.5, 0.6) is 0 Å². The molecule has 0 aromatic rings. The van der Waals surface area contributed by atoms with Gasteiger partial charge in [-0.2, -0.15) is 123 Å². The average molecular weight is 1290 g/mol. The summed E-state index contributed by atoms with van der Waals surface area (Å²) < 4.78 is 402. The van der Waals surface area contributed by atoms with E-state index in [0.717, 1.165) is 45.6 Å². The number of fused-ring (bicyclic) bond motifs is 8. The second kappa shape index (κ2) is 20.4. The molecule has 88 heavy (non-hydrogen) atoms. The SMILES string of the molecule is C1=CC2=NC1=CC1=NC(=CC3=NC(=CC4=NC(=C2)C=C4)C=C3)C=C1.FC(F)(F)C(F)(F)C(F)(F)C1=C2C=CC(=N2)C(C(F)(F)C(F)(F)C(F)(F)F)=C2C=CC(=N2)C(C(F)(F)C(F)(F)C(F)(F)F)=C2C=CC(=N2)C(C(F)(F)C(F)(F)C(F)(F)F)=C2C=CC1=N2. The van der Waals surface area contributed by atoms with Crippen molar-refractivity contribution in [1.82, 2.24) is 0 Å². The summed E-state index contributed by atoms with van der Waals surface area (Å²) in [5.41, 5.74) is -25.5. The lowest BCUT2D eigenvalue weighted by molar-refractivity contribution is -0.343. The Morgan fingerprint density at radius 1 is 0.193 bits per heavy atom. The minimum Gasteiger partial charge on any atom is -0.249 e. The predicted molar refractivity (Wildman–Crippen MR) is 257 cm³/mol. The van der Waals surface area contributed by atoms with E-state index in [9.17, 15) is 87.8 Å². The molecule has 0 fully saturated rings. The van der Waals surface area contributed by atoms with Crippen molar-refractivity contribution in [3.8, 4) is 0 Å². The van der Waals surface area contributed by atoms with E-state index in [2.05, 4.69) is 39.9 Å². The van der Waals surface area contributed by atoms with Crippen molar-refractivity contribution in [3.05, 3.63) is 189 Å². The molecular weight excluding hydrogens is 1270 g/mol. The highest BCUT2D eigenvalue weighted by atomic mass is 19.5. The summed E-state index contributed by atoms with van der Waals surface area (Å²) in [7, 11) is 0. The molecule has 0 saturated carbocycles. The third-order valence-corrected chi connectivity index (χ3v) is 12.8. The zero-order valence-corrected chi connectivity index (χ0v) is 41.7. The summed E-state index contributed by atoms with van der Waals surface area (Å²) in [6.45, 7) is 0. The number of aliphatic imine (C=N–C) groups is 8. The van der Waals surface area contributed by atoms with E-state index in [1.54, 1.807) is 0 Å². The van der Waals surface area contributed by atoms with Crippen LogP contribution in [0.2, 0.25) is 0 Å². The number of nitrogens with zero attached hydrogens (tertiary/aromatic N) is 8. The molecule has 10 rings (SSSR count). The number of alkyl halides is 28. The van der Waals surface area contributed by atoms with Gasteiger partial charge in [-0.3, -0.25) is 0 Å². The maximum Gasteiger partial charge on any atom is 0.460 e. The maximum atomic E-state index is 15.6. The lowest BCUT2D eigenvalue weighted by atomic mass is 9.95. The standard InChI is InChI=1S/C32H8F28N4.C20H12N4/c33-21(34,25(41,42)29(49,50)51)17-9-1-2-10(61-9)18(22(35,36)26(43,44)30(52,53)54)12-5-6-14(63-12)20(24(39,40)28(47,48)32(58,59)60)16-8-7-15(64-16)19(13-4-3-11(17)62-13)23(37,38)27(45,46)31(55,56)57;1-2-14-10-16-5-6-18(23-16)12-20-8-7-19(24-20)11-17-4-3-15(22-17)9-13(1)21-14/h1-8H;1-12H. The predicted octanol–water partition coefficient (Wildman–Crippen LogP) is 16.0. The fourth-order valence-corrected chi connectivity index (χ4v) is 8.54. The van der Waals surface area contributed by atoms with Gasteiger partial charge in [0.05, 0.1) is 114 Å². The third kappa shape index (κ3) is 10.5. The number of hydrogen-bond donors (Lipinski definition) is 0. The van der Waals surface area contributed by atoms with Crippen LogP contribution in [0, 0.1) is 0 Å². The minimum absolute atomic E-state index is 0.527. The highest BCUT2D eigenvalue weighted by Crippen LogP contribution is 2.58. The lowest BCUT2D eigenvalue weighted by Gasteiger charge is -2.31. The third-order valence-electron chi connectivity index (χ3n) is 12.8. The molecule has 0 aromatic heterocycles. The van der Waals surface area contributed by atoms with Crippen LogP contribution in [0.15, 0.2) is 229 Å². The molecule has 0 radical (unpaired) electrons. The van der Waals surface area contributed by atoms with Crippen molar-refractivity contribution >= 4 is 45.7 Å². The molecule has 10 aliphatic heterocycles. The van der Waals surface area contributed by atoms with Crippen LogP contribution < -0.4 is 0 Å². The molecule has 16 bridgehead atoms. The molecule has 0 spiro atoms. The highest BCUT2D eigenvalue weighted by molar-refractivity contribution is 6.21. The fourth-order valence-electron chi connectivity index (χ4n) is 8.54. The Labute approximate surface area is 469 Å². The number of hydrogen-bond acceptors (Lipinski definition) is 8. The van der Waals surface area contributed by atoms with Gasteiger partial charge in [0.1, 0.15) is 0 Å². The van der Waals surface area contributed by atoms with E-state index in [-0.39, 0.29) is 0 Å². The normalized spacial score (nSPS) is 20.8. The van der Waals surface area contributed by atoms with Crippen molar-refractivity contribution in [2.45, 2.75) is 72.1 Å². The van der Waals surface area contributed by atoms with Crippen LogP contribution in [0.25, 0.3) is 0 Å². The second-order valence-electron chi connectivity index (χ2n) is 18.7. The largest absolute Gasteiger partial charge is 0.460 e. The average Bonchev–Trinajstić information content (AvgIpc) is 1.55. The summed E-state index contributed by atoms with van der Waals surface area (Å²) >= 11 is 0. The summed E-state index contributed by atoms with van der Waals surface area (Å²) in [6.07, 6.45) is -10.3. The summed E-state index contributed by atoms with van der Waals surface area (Å²) in [4.78, 5) is 28.8. The molecule has 0 saturated heterocycles. The zero-order valence-electron chi connectivity index (χ0n) is 41.7. The van der Waals surface area contributed by atoms with E-state index >= 15 is 35.1 Å². The van der Waals surface area contributed by atoms with Crippen LogP contribution in [0.4, 0.5) is 123 Å². The van der Waals surface area contributed by atoms with Crippen molar-refractivity contribution < 1.29 is 123 Å². The van der Waals surface area contributed by atoms with E-state index in [0.29, 0.717) is 0 Å². The Hall–Kier alpha value is -8.76. The molecule has 8 nitrogen and oxygen atoms in total. The van der Waals surface area contributed by atoms with Crippen LogP contribution in [0.3, 0.4) is 0 Å². The van der Waals surface area contributed by atoms with Gasteiger partial charge in [0.15, 0.2) is 0 Å². The second-order valence-corrected chi connectivity index (χ2v) is 18.7. The van der Waals surface area contributed by atoms with Gasteiger partial charge in [0, 0.05) is 0 Å². The van der Waals surface area contributed by atoms with E-state index in [4.69, 9.17) is 0 Å². The Kier molecular flexibility index (Phi) is 14.8. The Bertz CT molecular complexity index is 3410. The molecular formula is C52H20F28N8. The first-order chi connectivity index (χ1) is 40.2. The van der Waals surface area contributed by atoms with Gasteiger partial charge in [0.2, 0.25) is 0 Å². The van der Waals surface area contributed by atoms with Gasteiger partial charge < -0.3 is 0 Å². The van der Waals surface area contributed by atoms with Crippen molar-refractivity contribution in [1.29, 1.82) is 0 Å². The van der Waals surface area contributed by atoms with Crippen LogP contribution in [-0.4, -0.2) is 118 Å². The molecule has 10 aliphatic rings. The molecule has 36 heteroatoms. The molecule has 10 heterocycles. The van der Waals surface area contributed by atoms with E-state index in [1.165, 1.54) is 0 Å². The number of halogens is 28. The van der Waals surface area contributed by atoms with Gasteiger partial charge in [0.25, 0.3) is 0 Å². The first-order valence-electron chi connectivity index (χ1n) is 23.5. The van der Waals surface area contributed by atoms with Crippen molar-refractivity contribution in [2.24, 2.45) is 39.9 Å². The first kappa shape index (κ1) is 63.7. The molecule has 0 aliphatic carbocycles. The smallest absolute Gasteiger partial charge is 0.249 e. The van der Waals surface area contributed by atoms with Gasteiger partial charge >= 0.3 is 72.1 Å². The van der Waals surface area contributed by atoms with Gasteiger partial charge in [-0.05, 0) is 122 Å². The van der Waals surface area contributed by atoms with Crippen LogP contribution in [-0.2, 0) is 0 Å². The van der Waals surface area contributed by atoms with Crippen LogP contribution >= 0.6 is 0 Å². The lowest BCUT2D eigenvalue weighted by Crippen LogP contribution is -2.54. The highest BCUT2D eigenvalue weighted by Gasteiger charge is 2.79. The van der Waals surface area contributed by atoms with Gasteiger partial charge in [-0.15, -0.1) is 0 Å². The zero-order chi connectivity index (χ0) is 65.3. The maximum absolute atomic E-state index is 15.6. The Morgan fingerprint density at radius 2 is 0.364 bits per heavy atom. The molecule has 0 aromatic carbocycles. The van der Waals surface area contributed by atoms with Gasteiger partial charge in [-0.25, -0.2) is 39.9 Å². The summed E-state index contributed by atoms with van der Waals surface area (Å²) in [5, 5.41) is 0. The molecule has 0 atom stereocenters. The monoisotopic (exact) mass is 1290 g/mol. The molecule has 464 valence electrons. The molecule has 0 amide bonds. The van der Waals surface area contributed by atoms with E-state index in [1.807, 2.05) is 72.9 Å². The molecule has 0 N–H and O–H groups in total. The topological polar surface area (TPSA) is 98.9 Å². The quantitative estimate of drug-likeness (QED) is 0.216. The fraction of sp³-hybridized carbons (Fsp3) is 0.231. The summed E-state index contributed by atoms with van der Waals surface area (Å²) in [6, 6.07) is 0. The Morgan fingerprint density at radius 3 is 0.523 bits per heavy atom. The van der Waals surface area contributed by atoms with Gasteiger partial charge in [-0.1, -0.05) is 0 Å². The summed E-state index contributed by atoms with van der Waals surface area (Å²) in [5.74, 6) is -58.5. The first-order valence-corrected chi connectivity index (χ1v) is 23.5. The minimum atomic E-state index is -7.53. The molecule has 0 unspecified atom stereocenters. The number of rotatable bonds is 8. The van der Waals surface area contributed by atoms with Crippen LogP contribution in [0.1, 0.15) is 0 Å². The van der Waals surface area contributed by atoms with E-state index < -0.39 is 189 Å². The van der Waals surface area contributed by atoms with Crippen molar-refractivity contribution in [3.63, 3.8) is 0 Å². The Balaban J connectivity index is 0.000000314. The number of allylic oxidation sites excluding steroid dienone is 24.